The van der Waals surface area contributed by atoms with Gasteiger partial charge in [0.25, 0.3) is 11.1 Å². The van der Waals surface area contributed by atoms with Gasteiger partial charge in [0.15, 0.2) is 0 Å². The number of nitrogens with zero attached hydrogens (tertiary/aromatic N) is 4. The van der Waals surface area contributed by atoms with Gasteiger partial charge in [-0.3, -0.25) is 10.1 Å². The Hall–Kier alpha value is -2.88. The summed E-state index contributed by atoms with van der Waals surface area (Å²) in [5, 5.41) is 16.9. The number of benzene rings is 1. The second-order valence-corrected chi connectivity index (χ2v) is 5.17. The van der Waals surface area contributed by atoms with Crippen LogP contribution in [0.3, 0.4) is 0 Å². The van der Waals surface area contributed by atoms with Gasteiger partial charge in [0, 0.05) is 0 Å². The van der Waals surface area contributed by atoms with Crippen LogP contribution >= 0.6 is 11.8 Å². The van der Waals surface area contributed by atoms with Crippen LogP contribution in [-0.2, 0) is 4.79 Å². The Morgan fingerprint density at radius 1 is 1.39 bits per heavy atom. The SMILES string of the molecule is COc1ccccc1-c1nnc(SCC(=O)Nc2ncn[nH]2)o1. The van der Waals surface area contributed by atoms with Crippen LogP contribution in [0.2, 0.25) is 0 Å². The van der Waals surface area contributed by atoms with Gasteiger partial charge in [0.1, 0.15) is 12.1 Å². The maximum Gasteiger partial charge on any atom is 0.277 e. The van der Waals surface area contributed by atoms with Crippen LogP contribution in [0.15, 0.2) is 40.2 Å². The molecule has 0 atom stereocenters. The number of ether oxygens (including phenoxy) is 1. The smallest absolute Gasteiger partial charge is 0.277 e. The lowest BCUT2D eigenvalue weighted by molar-refractivity contribution is -0.113. The van der Waals surface area contributed by atoms with E-state index in [1.54, 1.807) is 13.2 Å². The first kappa shape index (κ1) is 15.0. The third-order valence-electron chi connectivity index (χ3n) is 2.74. The van der Waals surface area contributed by atoms with E-state index in [1.165, 1.54) is 6.33 Å². The second-order valence-electron chi connectivity index (χ2n) is 4.24. The minimum atomic E-state index is -0.260. The lowest BCUT2D eigenvalue weighted by atomic mass is 10.2. The zero-order valence-electron chi connectivity index (χ0n) is 12.0. The van der Waals surface area contributed by atoms with Gasteiger partial charge >= 0.3 is 0 Å². The molecule has 3 rings (SSSR count). The average Bonchev–Trinajstić information content (AvgIpc) is 3.24. The van der Waals surface area contributed by atoms with E-state index >= 15 is 0 Å². The third kappa shape index (κ3) is 3.66. The maximum atomic E-state index is 11.7. The summed E-state index contributed by atoms with van der Waals surface area (Å²) in [5.41, 5.74) is 0.695. The van der Waals surface area contributed by atoms with Gasteiger partial charge in [0.05, 0.1) is 18.4 Å². The Morgan fingerprint density at radius 3 is 3.04 bits per heavy atom. The van der Waals surface area contributed by atoms with E-state index in [-0.39, 0.29) is 17.6 Å². The number of hydrogen-bond donors (Lipinski definition) is 2. The van der Waals surface area contributed by atoms with E-state index in [0.29, 0.717) is 22.4 Å². The molecule has 0 aliphatic carbocycles. The highest BCUT2D eigenvalue weighted by atomic mass is 32.2. The summed E-state index contributed by atoms with van der Waals surface area (Å²) in [7, 11) is 1.57. The van der Waals surface area contributed by atoms with Crippen LogP contribution in [0.5, 0.6) is 5.75 Å². The fourth-order valence-electron chi connectivity index (χ4n) is 1.76. The minimum Gasteiger partial charge on any atom is -0.496 e. The monoisotopic (exact) mass is 332 g/mol. The second kappa shape index (κ2) is 6.92. The van der Waals surface area contributed by atoms with E-state index in [0.717, 1.165) is 11.8 Å². The summed E-state index contributed by atoms with van der Waals surface area (Å²) in [5.74, 6) is 1.10. The number of aromatic nitrogens is 5. The van der Waals surface area contributed by atoms with Crippen molar-refractivity contribution in [3.05, 3.63) is 30.6 Å². The number of rotatable bonds is 6. The van der Waals surface area contributed by atoms with E-state index < -0.39 is 0 Å². The number of H-pyrrole nitrogens is 1. The third-order valence-corrected chi connectivity index (χ3v) is 3.56. The van der Waals surface area contributed by atoms with Crippen LogP contribution in [0.25, 0.3) is 11.5 Å². The van der Waals surface area contributed by atoms with Crippen molar-refractivity contribution in [2.24, 2.45) is 0 Å². The zero-order valence-corrected chi connectivity index (χ0v) is 12.8. The molecule has 3 aromatic rings. The van der Waals surface area contributed by atoms with Crippen LogP contribution in [0, 0.1) is 0 Å². The molecular weight excluding hydrogens is 320 g/mol. The molecule has 0 aliphatic rings. The first-order valence-electron chi connectivity index (χ1n) is 6.51. The number of nitrogens with one attached hydrogen (secondary N) is 2. The Labute approximate surface area is 134 Å². The highest BCUT2D eigenvalue weighted by molar-refractivity contribution is 7.99. The fraction of sp³-hybridized carbons (Fsp3) is 0.154. The lowest BCUT2D eigenvalue weighted by Crippen LogP contribution is -2.15. The number of thioether (sulfide) groups is 1. The molecule has 0 bridgehead atoms. The molecule has 2 heterocycles. The Kier molecular flexibility index (Phi) is 4.52. The molecule has 2 N–H and O–H groups in total. The van der Waals surface area contributed by atoms with Gasteiger partial charge in [-0.1, -0.05) is 23.9 Å². The molecule has 2 aromatic heterocycles. The van der Waals surface area contributed by atoms with Crippen molar-refractivity contribution in [1.29, 1.82) is 0 Å². The first-order valence-corrected chi connectivity index (χ1v) is 7.49. The van der Waals surface area contributed by atoms with Crippen molar-refractivity contribution in [1.82, 2.24) is 25.4 Å². The molecule has 0 unspecified atom stereocenters. The van der Waals surface area contributed by atoms with Crippen LogP contribution in [-0.4, -0.2) is 44.1 Å². The number of carbonyl (C=O) groups is 1. The van der Waals surface area contributed by atoms with Crippen LogP contribution in [0.4, 0.5) is 5.95 Å². The average molecular weight is 332 g/mol. The summed E-state index contributed by atoms with van der Waals surface area (Å²) >= 11 is 1.12. The molecule has 0 radical (unpaired) electrons. The van der Waals surface area contributed by atoms with Crippen molar-refractivity contribution in [2.45, 2.75) is 5.22 Å². The highest BCUT2D eigenvalue weighted by Crippen LogP contribution is 2.30. The van der Waals surface area contributed by atoms with E-state index in [2.05, 4.69) is 30.7 Å². The molecular formula is C13H12N6O3S. The van der Waals surface area contributed by atoms with Crippen molar-refractivity contribution in [3.63, 3.8) is 0 Å². The van der Waals surface area contributed by atoms with Gasteiger partial charge in [0.2, 0.25) is 11.9 Å². The van der Waals surface area contributed by atoms with Gasteiger partial charge in [-0.2, -0.15) is 10.1 Å². The number of anilines is 1. The number of hydrogen-bond acceptors (Lipinski definition) is 8. The predicted molar refractivity (Wildman–Crippen MR) is 82.0 cm³/mol. The normalized spacial score (nSPS) is 10.5. The number of methoxy groups -OCH3 is 1. The van der Waals surface area contributed by atoms with Crippen LogP contribution < -0.4 is 10.1 Å². The van der Waals surface area contributed by atoms with Crippen molar-refractivity contribution in [3.8, 4) is 17.2 Å². The van der Waals surface area contributed by atoms with E-state index in [4.69, 9.17) is 9.15 Å². The lowest BCUT2D eigenvalue weighted by Gasteiger charge is -2.03. The molecule has 9 nitrogen and oxygen atoms in total. The van der Waals surface area contributed by atoms with Gasteiger partial charge in [-0.25, -0.2) is 5.10 Å². The molecule has 0 saturated carbocycles. The topological polar surface area (TPSA) is 119 Å². The molecule has 118 valence electrons. The fourth-order valence-corrected chi connectivity index (χ4v) is 2.32. The molecule has 1 aromatic carbocycles. The summed E-state index contributed by atoms with van der Waals surface area (Å²) in [6, 6.07) is 7.32. The number of carbonyl (C=O) groups excluding carboxylic acids is 1. The molecule has 0 fully saturated rings. The Bertz CT molecular complexity index is 789. The number of amides is 1. The number of para-hydroxylation sites is 1. The Balaban J connectivity index is 1.62. The van der Waals surface area contributed by atoms with E-state index in [1.807, 2.05) is 18.2 Å². The summed E-state index contributed by atoms with van der Waals surface area (Å²) in [6.07, 6.45) is 1.31. The van der Waals surface area contributed by atoms with Gasteiger partial charge in [-0.15, -0.1) is 10.2 Å². The predicted octanol–water partition coefficient (Wildman–Crippen LogP) is 1.59. The largest absolute Gasteiger partial charge is 0.496 e. The first-order chi connectivity index (χ1) is 11.3. The van der Waals surface area contributed by atoms with Crippen molar-refractivity contribution >= 4 is 23.6 Å². The van der Waals surface area contributed by atoms with Gasteiger partial charge in [-0.05, 0) is 12.1 Å². The van der Waals surface area contributed by atoms with E-state index in [9.17, 15) is 4.79 Å². The van der Waals surface area contributed by atoms with Gasteiger partial charge < -0.3 is 9.15 Å². The molecule has 23 heavy (non-hydrogen) atoms. The van der Waals surface area contributed by atoms with Crippen molar-refractivity contribution < 1.29 is 13.9 Å². The van der Waals surface area contributed by atoms with Crippen molar-refractivity contribution in [2.75, 3.05) is 18.2 Å². The molecule has 1 amide bonds. The molecule has 0 saturated heterocycles. The highest BCUT2D eigenvalue weighted by Gasteiger charge is 2.14. The Morgan fingerprint density at radius 2 is 2.26 bits per heavy atom. The number of aromatic amines is 1. The minimum absolute atomic E-state index is 0.105. The molecule has 0 aliphatic heterocycles. The molecule has 10 heteroatoms. The quantitative estimate of drug-likeness (QED) is 0.653. The standard InChI is InChI=1S/C13H12N6O3S/c1-21-9-5-3-2-4-8(9)11-17-19-13(22-11)23-6-10(20)16-12-14-7-15-18-12/h2-5,7H,6H2,1H3,(H2,14,15,16,18,20). The maximum absolute atomic E-state index is 11.7. The molecule has 0 spiro atoms. The van der Waals surface area contributed by atoms with Crippen LogP contribution in [0.1, 0.15) is 0 Å². The summed E-state index contributed by atoms with van der Waals surface area (Å²) in [6.45, 7) is 0. The summed E-state index contributed by atoms with van der Waals surface area (Å²) < 4.78 is 10.8. The zero-order chi connectivity index (χ0) is 16.1. The summed E-state index contributed by atoms with van der Waals surface area (Å²) in [4.78, 5) is 15.5.